The number of hydrogen-bond donors (Lipinski definition) is 1. The van der Waals surface area contributed by atoms with E-state index in [1.54, 1.807) is 17.7 Å². The van der Waals surface area contributed by atoms with Gasteiger partial charge in [-0.3, -0.25) is 0 Å². The van der Waals surface area contributed by atoms with E-state index in [4.69, 9.17) is 0 Å². The van der Waals surface area contributed by atoms with E-state index in [9.17, 15) is 0 Å². The summed E-state index contributed by atoms with van der Waals surface area (Å²) in [6.07, 6.45) is 4.20. The highest BCUT2D eigenvalue weighted by Gasteiger charge is 2.18. The van der Waals surface area contributed by atoms with E-state index in [0.29, 0.717) is 6.54 Å². The van der Waals surface area contributed by atoms with Crippen LogP contribution < -0.4 is 10.2 Å². The van der Waals surface area contributed by atoms with Crippen LogP contribution in [0.15, 0.2) is 12.4 Å². The van der Waals surface area contributed by atoms with Crippen molar-refractivity contribution >= 4 is 23.0 Å². The summed E-state index contributed by atoms with van der Waals surface area (Å²) in [7, 11) is 0. The van der Waals surface area contributed by atoms with Crippen LogP contribution in [0.2, 0.25) is 0 Å². The van der Waals surface area contributed by atoms with Gasteiger partial charge in [-0.2, -0.15) is 0 Å². The Morgan fingerprint density at radius 3 is 2.95 bits per heavy atom. The quantitative estimate of drug-likeness (QED) is 0.936. The molecule has 22 heavy (non-hydrogen) atoms. The van der Waals surface area contributed by atoms with Crippen molar-refractivity contribution in [3.05, 3.63) is 28.0 Å². The monoisotopic (exact) mass is 317 g/mol. The van der Waals surface area contributed by atoms with Gasteiger partial charge in [0.1, 0.15) is 18.0 Å². The Labute approximate surface area is 135 Å². The largest absolute Gasteiger partial charge is 0.364 e. The van der Waals surface area contributed by atoms with Gasteiger partial charge in [0.05, 0.1) is 17.2 Å². The molecule has 0 amide bonds. The second-order valence-electron chi connectivity index (χ2n) is 6.04. The second kappa shape index (κ2) is 6.60. The van der Waals surface area contributed by atoms with Gasteiger partial charge < -0.3 is 10.2 Å². The highest BCUT2D eigenvalue weighted by molar-refractivity contribution is 7.11. The molecule has 0 aromatic carbocycles. The second-order valence-corrected chi connectivity index (χ2v) is 7.45. The molecule has 5 nitrogen and oxygen atoms in total. The van der Waals surface area contributed by atoms with Crippen molar-refractivity contribution in [1.29, 1.82) is 0 Å². The van der Waals surface area contributed by atoms with Gasteiger partial charge in [0.2, 0.25) is 0 Å². The molecule has 2 aromatic heterocycles. The molecule has 0 saturated carbocycles. The van der Waals surface area contributed by atoms with Gasteiger partial charge in [0.25, 0.3) is 0 Å². The molecule has 0 aliphatic carbocycles. The fraction of sp³-hybridized carbons (Fsp3) is 0.562. The Balaban J connectivity index is 1.67. The zero-order chi connectivity index (χ0) is 15.5. The number of hydrogen-bond acceptors (Lipinski definition) is 6. The number of nitrogens with zero attached hydrogens (tertiary/aromatic N) is 4. The Hall–Kier alpha value is -1.69. The summed E-state index contributed by atoms with van der Waals surface area (Å²) in [5.74, 6) is 2.63. The molecule has 3 heterocycles. The van der Waals surface area contributed by atoms with Gasteiger partial charge in [0.15, 0.2) is 0 Å². The van der Waals surface area contributed by atoms with Crippen LogP contribution >= 0.6 is 11.3 Å². The molecule has 1 aliphatic heterocycles. The molecule has 0 bridgehead atoms. The first-order valence-electron chi connectivity index (χ1n) is 7.85. The molecule has 0 spiro atoms. The van der Waals surface area contributed by atoms with Crippen LogP contribution in [0.1, 0.15) is 35.3 Å². The summed E-state index contributed by atoms with van der Waals surface area (Å²) in [4.78, 5) is 16.9. The highest BCUT2D eigenvalue weighted by atomic mass is 32.1. The smallest absolute Gasteiger partial charge is 0.134 e. The fourth-order valence-corrected chi connectivity index (χ4v) is 3.76. The Bertz CT molecular complexity index is 639. The van der Waals surface area contributed by atoms with E-state index in [-0.39, 0.29) is 0 Å². The van der Waals surface area contributed by atoms with Gasteiger partial charge in [0, 0.05) is 24.0 Å². The van der Waals surface area contributed by atoms with Crippen LogP contribution in [-0.4, -0.2) is 28.0 Å². The number of aromatic nitrogens is 3. The molecule has 3 rings (SSSR count). The first kappa shape index (κ1) is 15.2. The van der Waals surface area contributed by atoms with Gasteiger partial charge in [-0.1, -0.05) is 6.92 Å². The third-order valence-electron chi connectivity index (χ3n) is 4.07. The SMILES string of the molecule is Cc1nc(CNc2cc(N3CCCC(C)C3)ncn2)c(C)s1. The van der Waals surface area contributed by atoms with Crippen LogP contribution in [0.4, 0.5) is 11.6 Å². The zero-order valence-electron chi connectivity index (χ0n) is 13.5. The summed E-state index contributed by atoms with van der Waals surface area (Å²) in [6, 6.07) is 2.05. The number of aryl methyl sites for hydroxylation is 2. The normalized spacial score (nSPS) is 18.5. The van der Waals surface area contributed by atoms with Crippen LogP contribution in [-0.2, 0) is 6.54 Å². The molecule has 1 fully saturated rings. The molecule has 2 aromatic rings. The minimum absolute atomic E-state index is 0.711. The molecule has 1 saturated heterocycles. The molecule has 1 unspecified atom stereocenters. The van der Waals surface area contributed by atoms with Crippen LogP contribution in [0, 0.1) is 19.8 Å². The van der Waals surface area contributed by atoms with Crippen LogP contribution in [0.3, 0.4) is 0 Å². The maximum Gasteiger partial charge on any atom is 0.134 e. The number of thiazole rings is 1. The Kier molecular flexibility index (Phi) is 4.57. The molecule has 0 radical (unpaired) electrons. The molecule has 1 N–H and O–H groups in total. The third-order valence-corrected chi connectivity index (χ3v) is 5.00. The third kappa shape index (κ3) is 3.55. The summed E-state index contributed by atoms with van der Waals surface area (Å²) in [6.45, 7) is 9.35. The number of rotatable bonds is 4. The number of nitrogens with one attached hydrogen (secondary N) is 1. The first-order valence-corrected chi connectivity index (χ1v) is 8.67. The average molecular weight is 317 g/mol. The van der Waals surface area contributed by atoms with Crippen molar-refractivity contribution in [2.45, 2.75) is 40.2 Å². The zero-order valence-corrected chi connectivity index (χ0v) is 14.3. The van der Waals surface area contributed by atoms with E-state index >= 15 is 0 Å². The van der Waals surface area contributed by atoms with Crippen molar-refractivity contribution < 1.29 is 0 Å². The predicted molar refractivity (Wildman–Crippen MR) is 91.6 cm³/mol. The summed E-state index contributed by atoms with van der Waals surface area (Å²) >= 11 is 1.74. The fourth-order valence-electron chi connectivity index (χ4n) is 2.92. The van der Waals surface area contributed by atoms with E-state index in [1.807, 2.05) is 13.0 Å². The van der Waals surface area contributed by atoms with Crippen LogP contribution in [0.25, 0.3) is 0 Å². The molecule has 118 valence electrons. The van der Waals surface area contributed by atoms with Crippen LogP contribution in [0.5, 0.6) is 0 Å². The lowest BCUT2D eigenvalue weighted by atomic mass is 10.0. The van der Waals surface area contributed by atoms with Gasteiger partial charge in [-0.05, 0) is 32.6 Å². The van der Waals surface area contributed by atoms with Crippen molar-refractivity contribution in [1.82, 2.24) is 15.0 Å². The lowest BCUT2D eigenvalue weighted by Crippen LogP contribution is -2.34. The van der Waals surface area contributed by atoms with Crippen molar-refractivity contribution in [2.24, 2.45) is 5.92 Å². The minimum atomic E-state index is 0.711. The molecule has 1 aliphatic rings. The highest BCUT2D eigenvalue weighted by Crippen LogP contribution is 2.23. The molecule has 1 atom stereocenters. The summed E-state index contributed by atoms with van der Waals surface area (Å²) < 4.78 is 0. The minimum Gasteiger partial charge on any atom is -0.364 e. The number of anilines is 2. The standard InChI is InChI=1S/C16H23N5S/c1-11-5-4-6-21(9-11)16-7-15(18-10-19-16)17-8-14-12(2)22-13(3)20-14/h7,10-11H,4-6,8-9H2,1-3H3,(H,17,18,19). The van der Waals surface area contributed by atoms with E-state index in [2.05, 4.69) is 39.0 Å². The Morgan fingerprint density at radius 1 is 1.36 bits per heavy atom. The molecule has 6 heteroatoms. The maximum atomic E-state index is 4.55. The lowest BCUT2D eigenvalue weighted by Gasteiger charge is -2.31. The first-order chi connectivity index (χ1) is 10.6. The van der Waals surface area contributed by atoms with Gasteiger partial charge >= 0.3 is 0 Å². The Morgan fingerprint density at radius 2 is 2.23 bits per heavy atom. The molecular formula is C16H23N5S. The van der Waals surface area contributed by atoms with Gasteiger partial charge in [-0.15, -0.1) is 11.3 Å². The predicted octanol–water partition coefficient (Wildman–Crippen LogP) is 3.40. The average Bonchev–Trinajstić information content (AvgIpc) is 2.83. The topological polar surface area (TPSA) is 53.9 Å². The van der Waals surface area contributed by atoms with Crippen molar-refractivity contribution in [3.63, 3.8) is 0 Å². The summed E-state index contributed by atoms with van der Waals surface area (Å²) in [5, 5.41) is 4.48. The number of piperidine rings is 1. The molecular weight excluding hydrogens is 294 g/mol. The summed E-state index contributed by atoms with van der Waals surface area (Å²) in [5.41, 5.74) is 1.11. The lowest BCUT2D eigenvalue weighted by molar-refractivity contribution is 0.444. The van der Waals surface area contributed by atoms with Crippen molar-refractivity contribution in [3.8, 4) is 0 Å². The van der Waals surface area contributed by atoms with E-state index in [1.165, 1.54) is 17.7 Å². The van der Waals surface area contributed by atoms with E-state index < -0.39 is 0 Å². The van der Waals surface area contributed by atoms with Crippen molar-refractivity contribution in [2.75, 3.05) is 23.3 Å². The maximum absolute atomic E-state index is 4.55. The van der Waals surface area contributed by atoms with E-state index in [0.717, 1.165) is 41.3 Å². The van der Waals surface area contributed by atoms with Gasteiger partial charge in [-0.25, -0.2) is 15.0 Å².